The summed E-state index contributed by atoms with van der Waals surface area (Å²) in [5.41, 5.74) is 3.05. The van der Waals surface area contributed by atoms with Crippen LogP contribution < -0.4 is 4.90 Å². The van der Waals surface area contributed by atoms with E-state index in [2.05, 4.69) is 10.3 Å². The van der Waals surface area contributed by atoms with E-state index >= 15 is 0 Å². The second kappa shape index (κ2) is 8.13. The first-order valence-corrected chi connectivity index (χ1v) is 11.0. The lowest BCUT2D eigenvalue weighted by atomic mass is 10.2. The van der Waals surface area contributed by atoms with Gasteiger partial charge in [-0.2, -0.15) is 5.10 Å². The number of carbonyl (C=O) groups is 1. The molecule has 0 saturated carbocycles. The lowest BCUT2D eigenvalue weighted by molar-refractivity contribution is -0.116. The van der Waals surface area contributed by atoms with Gasteiger partial charge in [0.15, 0.2) is 6.35 Å². The van der Waals surface area contributed by atoms with Crippen molar-refractivity contribution in [3.8, 4) is 0 Å². The minimum atomic E-state index is -1.15. The summed E-state index contributed by atoms with van der Waals surface area (Å²) in [5, 5.41) is 19.1. The van der Waals surface area contributed by atoms with Gasteiger partial charge < -0.3 is 9.63 Å². The number of aryl methyl sites for hydroxylation is 2. The fraction of sp³-hybridized carbons (Fsp3) is 0.350. The van der Waals surface area contributed by atoms with Gasteiger partial charge in [-0.15, -0.1) is 0 Å². The number of aliphatic hydroxyl groups excluding tert-OH is 1. The van der Waals surface area contributed by atoms with Crippen molar-refractivity contribution in [2.75, 3.05) is 17.7 Å². The van der Waals surface area contributed by atoms with Crippen molar-refractivity contribution in [1.29, 1.82) is 0 Å². The Hall–Kier alpha value is -2.82. The number of nitrogens with zero attached hydrogens (tertiary/aromatic N) is 5. The maximum Gasteiger partial charge on any atom is 0.244 e. The minimum Gasteiger partial charge on any atom is -0.361 e. The molecule has 2 unspecified atom stereocenters. The van der Waals surface area contributed by atoms with Crippen molar-refractivity contribution in [3.63, 3.8) is 0 Å². The zero-order valence-corrected chi connectivity index (χ0v) is 17.8. The molecule has 158 valence electrons. The molecule has 9 nitrogen and oxygen atoms in total. The molecule has 10 heteroatoms. The van der Waals surface area contributed by atoms with Crippen LogP contribution in [0.2, 0.25) is 0 Å². The van der Waals surface area contributed by atoms with Crippen LogP contribution in [0.5, 0.6) is 0 Å². The summed E-state index contributed by atoms with van der Waals surface area (Å²) in [5.74, 6) is 0.495. The van der Waals surface area contributed by atoms with E-state index in [1.165, 1.54) is 4.90 Å². The van der Waals surface area contributed by atoms with Gasteiger partial charge in [-0.25, -0.2) is 4.90 Å². The molecule has 1 aliphatic heterocycles. The van der Waals surface area contributed by atoms with Gasteiger partial charge >= 0.3 is 0 Å². The summed E-state index contributed by atoms with van der Waals surface area (Å²) in [4.78, 5) is 16.3. The lowest BCUT2D eigenvalue weighted by Gasteiger charge is -2.24. The Labute approximate surface area is 176 Å². The molecular weight excluding hydrogens is 406 g/mol. The van der Waals surface area contributed by atoms with Crippen molar-refractivity contribution in [2.45, 2.75) is 38.2 Å². The van der Waals surface area contributed by atoms with Crippen LogP contribution in [0.3, 0.4) is 0 Å². The monoisotopic (exact) mass is 429 g/mol. The standard InChI is InChI=1S/C20H23N5O4S/c1-13-17(14(2)29-22-13)11-24-10-16(8-21-24)25-19(26)12-23(20(25)27)9-15-6-4-5-7-18(15)30(3)28/h4-8,10,20,27H,9,11-12H2,1-3H3. The summed E-state index contributed by atoms with van der Waals surface area (Å²) in [6.07, 6.45) is 3.75. The molecule has 4 rings (SSSR count). The molecule has 2 aromatic heterocycles. The highest BCUT2D eigenvalue weighted by atomic mass is 32.2. The average molecular weight is 430 g/mol. The molecule has 30 heavy (non-hydrogen) atoms. The zero-order chi connectivity index (χ0) is 21.4. The van der Waals surface area contributed by atoms with E-state index in [1.807, 2.05) is 32.0 Å². The van der Waals surface area contributed by atoms with Gasteiger partial charge in [0.05, 0.1) is 41.5 Å². The molecule has 0 spiro atoms. The van der Waals surface area contributed by atoms with Gasteiger partial charge in [-0.3, -0.25) is 18.6 Å². The van der Waals surface area contributed by atoms with Crippen LogP contribution >= 0.6 is 0 Å². The molecule has 1 amide bonds. The number of aliphatic hydroxyl groups is 1. The second-order valence-electron chi connectivity index (χ2n) is 7.28. The largest absolute Gasteiger partial charge is 0.361 e. The average Bonchev–Trinajstić information content (AvgIpc) is 3.37. The summed E-state index contributed by atoms with van der Waals surface area (Å²) >= 11 is 0. The SMILES string of the molecule is Cc1noc(C)c1Cn1cc(N2C(=O)CN(Cc3ccccc3S(C)=O)C2O)cn1. The molecule has 3 aromatic rings. The number of benzene rings is 1. The molecule has 1 N–H and O–H groups in total. The van der Waals surface area contributed by atoms with Crippen LogP contribution in [0.1, 0.15) is 22.6 Å². The van der Waals surface area contributed by atoms with Crippen LogP contribution in [0.25, 0.3) is 0 Å². The number of carbonyl (C=O) groups excluding carboxylic acids is 1. The molecule has 3 heterocycles. The molecule has 1 aliphatic rings. The first kappa shape index (κ1) is 20.5. The Kier molecular flexibility index (Phi) is 5.54. The summed E-state index contributed by atoms with van der Waals surface area (Å²) < 4.78 is 18.8. The Balaban J connectivity index is 1.52. The molecule has 0 bridgehead atoms. The molecule has 2 atom stereocenters. The smallest absolute Gasteiger partial charge is 0.244 e. The predicted molar refractivity (Wildman–Crippen MR) is 110 cm³/mol. The quantitative estimate of drug-likeness (QED) is 0.631. The number of rotatable bonds is 6. The van der Waals surface area contributed by atoms with Crippen molar-refractivity contribution in [3.05, 3.63) is 59.2 Å². The van der Waals surface area contributed by atoms with Gasteiger partial charge in [0.2, 0.25) is 5.91 Å². The highest BCUT2D eigenvalue weighted by molar-refractivity contribution is 7.84. The van der Waals surface area contributed by atoms with Crippen LogP contribution in [0.15, 0.2) is 46.1 Å². The van der Waals surface area contributed by atoms with Gasteiger partial charge in [0.25, 0.3) is 0 Å². The van der Waals surface area contributed by atoms with E-state index in [-0.39, 0.29) is 12.5 Å². The van der Waals surface area contributed by atoms with Crippen LogP contribution in [-0.4, -0.2) is 54.2 Å². The Morgan fingerprint density at radius 1 is 1.27 bits per heavy atom. The zero-order valence-electron chi connectivity index (χ0n) is 17.0. The summed E-state index contributed by atoms with van der Waals surface area (Å²) in [6.45, 7) is 4.53. The van der Waals surface area contributed by atoms with Crippen molar-refractivity contribution < 1.29 is 18.6 Å². The molecule has 1 aromatic carbocycles. The topological polar surface area (TPSA) is 105 Å². The van der Waals surface area contributed by atoms with Gasteiger partial charge in [-0.1, -0.05) is 23.4 Å². The number of hydrogen-bond donors (Lipinski definition) is 1. The predicted octanol–water partition coefficient (Wildman–Crippen LogP) is 1.40. The number of anilines is 1. The second-order valence-corrected chi connectivity index (χ2v) is 8.62. The minimum absolute atomic E-state index is 0.0564. The Morgan fingerprint density at radius 3 is 2.73 bits per heavy atom. The number of amides is 1. The highest BCUT2D eigenvalue weighted by Gasteiger charge is 2.38. The third kappa shape index (κ3) is 3.81. The Morgan fingerprint density at radius 2 is 2.03 bits per heavy atom. The molecule has 1 fully saturated rings. The van der Waals surface area contributed by atoms with Gasteiger partial charge in [0, 0.05) is 29.5 Å². The van der Waals surface area contributed by atoms with Crippen molar-refractivity contribution in [1.82, 2.24) is 19.8 Å². The first-order chi connectivity index (χ1) is 14.3. The molecular formula is C20H23N5O4S. The van der Waals surface area contributed by atoms with Crippen LogP contribution in [0.4, 0.5) is 5.69 Å². The Bertz CT molecular complexity index is 1090. The van der Waals surface area contributed by atoms with Crippen LogP contribution in [-0.2, 0) is 28.7 Å². The van der Waals surface area contributed by atoms with E-state index in [1.54, 1.807) is 34.3 Å². The van der Waals surface area contributed by atoms with E-state index < -0.39 is 17.2 Å². The number of hydrogen-bond acceptors (Lipinski definition) is 7. The first-order valence-electron chi connectivity index (χ1n) is 9.45. The van der Waals surface area contributed by atoms with Gasteiger partial charge in [-0.05, 0) is 25.5 Å². The molecule has 0 aliphatic carbocycles. The van der Waals surface area contributed by atoms with E-state index in [9.17, 15) is 14.1 Å². The van der Waals surface area contributed by atoms with E-state index in [0.717, 1.165) is 22.6 Å². The normalized spacial score (nSPS) is 18.3. The third-order valence-electron chi connectivity index (χ3n) is 5.22. The number of aromatic nitrogens is 3. The third-order valence-corrected chi connectivity index (χ3v) is 6.24. The maximum absolute atomic E-state index is 12.6. The highest BCUT2D eigenvalue weighted by Crippen LogP contribution is 2.26. The maximum atomic E-state index is 12.6. The molecule has 1 saturated heterocycles. The van der Waals surface area contributed by atoms with Crippen molar-refractivity contribution >= 4 is 22.4 Å². The summed E-state index contributed by atoms with van der Waals surface area (Å²) in [6, 6.07) is 7.34. The fourth-order valence-electron chi connectivity index (χ4n) is 3.63. The van der Waals surface area contributed by atoms with Crippen molar-refractivity contribution in [2.24, 2.45) is 0 Å². The summed E-state index contributed by atoms with van der Waals surface area (Å²) in [7, 11) is -1.15. The van der Waals surface area contributed by atoms with E-state index in [0.29, 0.717) is 23.7 Å². The molecule has 0 radical (unpaired) electrons. The van der Waals surface area contributed by atoms with Crippen LogP contribution in [0, 0.1) is 13.8 Å². The van der Waals surface area contributed by atoms with E-state index in [4.69, 9.17) is 4.52 Å². The van der Waals surface area contributed by atoms with Gasteiger partial charge in [0.1, 0.15) is 5.76 Å². The lowest BCUT2D eigenvalue weighted by Crippen LogP contribution is -2.39. The fourth-order valence-corrected chi connectivity index (χ4v) is 4.40.